The maximum absolute atomic E-state index is 2.30. The molecule has 0 bridgehead atoms. The van der Waals surface area contributed by atoms with Crippen LogP contribution in [0.5, 0.6) is 0 Å². The zero-order valence-corrected chi connectivity index (χ0v) is 11.8. The second-order valence-corrected chi connectivity index (χ2v) is 6.80. The molecule has 18 heavy (non-hydrogen) atoms. The van der Waals surface area contributed by atoms with Gasteiger partial charge in [-0.05, 0) is 23.2 Å². The van der Waals surface area contributed by atoms with E-state index in [1.54, 1.807) is 0 Å². The molecule has 1 heterocycles. The number of rotatable bonds is 4. The molecule has 0 saturated carbocycles. The standard InChI is InChI=1S/C17H19P/c1-2-9-16-17(18-16,14-10-5-3-6-11-14)15-12-7-4-8-13-15/h3-8,10-13,16,18H,2,9H2,1H3. The van der Waals surface area contributed by atoms with Gasteiger partial charge in [0.1, 0.15) is 0 Å². The third-order valence-electron chi connectivity index (χ3n) is 3.88. The normalized spacial score (nSPS) is 21.9. The Bertz CT molecular complexity index is 464. The van der Waals surface area contributed by atoms with Gasteiger partial charge in [0.25, 0.3) is 0 Å². The zero-order chi connectivity index (χ0) is 12.4. The van der Waals surface area contributed by atoms with Crippen LogP contribution in [0.3, 0.4) is 0 Å². The third-order valence-corrected chi connectivity index (χ3v) is 6.02. The summed E-state index contributed by atoms with van der Waals surface area (Å²) >= 11 is 0. The Hall–Kier alpha value is -1.13. The molecule has 1 saturated heterocycles. The lowest BCUT2D eigenvalue weighted by atomic mass is 9.87. The molecule has 2 aromatic carbocycles. The summed E-state index contributed by atoms with van der Waals surface area (Å²) in [6.45, 7) is 2.30. The minimum atomic E-state index is 0.332. The van der Waals surface area contributed by atoms with E-state index in [2.05, 4.69) is 67.6 Å². The van der Waals surface area contributed by atoms with Gasteiger partial charge in [-0.25, -0.2) is 0 Å². The Morgan fingerprint density at radius 3 is 1.83 bits per heavy atom. The Morgan fingerprint density at radius 1 is 0.889 bits per heavy atom. The summed E-state index contributed by atoms with van der Waals surface area (Å²) in [5.41, 5.74) is 3.87. The Balaban J connectivity index is 2.02. The fraction of sp³-hybridized carbons (Fsp3) is 0.294. The van der Waals surface area contributed by atoms with Crippen LogP contribution in [0.4, 0.5) is 0 Å². The molecule has 2 unspecified atom stereocenters. The van der Waals surface area contributed by atoms with E-state index in [0.717, 1.165) is 14.2 Å². The quantitative estimate of drug-likeness (QED) is 0.688. The second-order valence-electron chi connectivity index (χ2n) is 5.03. The number of hydrogen-bond acceptors (Lipinski definition) is 0. The maximum atomic E-state index is 2.30. The van der Waals surface area contributed by atoms with Crippen molar-refractivity contribution in [1.82, 2.24) is 0 Å². The highest BCUT2D eigenvalue weighted by molar-refractivity contribution is 7.50. The van der Waals surface area contributed by atoms with Crippen molar-refractivity contribution in [3.63, 3.8) is 0 Å². The summed E-state index contributed by atoms with van der Waals surface area (Å²) in [4.78, 5) is 0. The van der Waals surface area contributed by atoms with Gasteiger partial charge in [0.15, 0.2) is 0 Å². The lowest BCUT2D eigenvalue weighted by Crippen LogP contribution is -2.14. The topological polar surface area (TPSA) is 0 Å². The first-order chi connectivity index (χ1) is 8.88. The number of hydrogen-bond donors (Lipinski definition) is 0. The summed E-state index contributed by atoms with van der Waals surface area (Å²) in [5, 5.41) is 0.332. The third kappa shape index (κ3) is 1.89. The molecular weight excluding hydrogens is 235 g/mol. The molecule has 3 rings (SSSR count). The second kappa shape index (κ2) is 4.86. The first kappa shape index (κ1) is 11.9. The molecule has 1 aliphatic rings. The molecule has 0 spiro atoms. The van der Waals surface area contributed by atoms with Gasteiger partial charge >= 0.3 is 0 Å². The van der Waals surface area contributed by atoms with Crippen LogP contribution in [0.2, 0.25) is 0 Å². The minimum Gasteiger partial charge on any atom is -0.101 e. The smallest absolute Gasteiger partial charge is 0.0440 e. The van der Waals surface area contributed by atoms with E-state index in [4.69, 9.17) is 0 Å². The van der Waals surface area contributed by atoms with Gasteiger partial charge in [0.05, 0.1) is 0 Å². The highest BCUT2D eigenvalue weighted by Crippen LogP contribution is 2.71. The van der Waals surface area contributed by atoms with Crippen molar-refractivity contribution in [2.45, 2.75) is 30.6 Å². The SMILES string of the molecule is CCCC1PC1(c1ccccc1)c1ccccc1. The zero-order valence-electron chi connectivity index (χ0n) is 10.8. The predicted octanol–water partition coefficient (Wildman–Crippen LogP) is 4.79. The number of benzene rings is 2. The van der Waals surface area contributed by atoms with E-state index in [1.807, 2.05) is 0 Å². The molecule has 0 nitrogen and oxygen atoms in total. The van der Waals surface area contributed by atoms with E-state index in [1.165, 1.54) is 24.0 Å². The van der Waals surface area contributed by atoms with Gasteiger partial charge in [-0.15, -0.1) is 8.58 Å². The molecule has 0 aromatic heterocycles. The van der Waals surface area contributed by atoms with Crippen LogP contribution in [0, 0.1) is 0 Å². The molecular formula is C17H19P. The van der Waals surface area contributed by atoms with E-state index >= 15 is 0 Å². The van der Waals surface area contributed by atoms with Gasteiger partial charge in [-0.3, -0.25) is 0 Å². The van der Waals surface area contributed by atoms with Gasteiger partial charge in [-0.2, -0.15) is 0 Å². The molecule has 92 valence electrons. The van der Waals surface area contributed by atoms with Crippen LogP contribution < -0.4 is 0 Å². The van der Waals surface area contributed by atoms with Gasteiger partial charge in [-0.1, -0.05) is 74.0 Å². The van der Waals surface area contributed by atoms with Gasteiger partial charge in [0, 0.05) is 5.16 Å². The fourth-order valence-corrected chi connectivity index (χ4v) is 4.99. The summed E-state index contributed by atoms with van der Waals surface area (Å²) in [6, 6.07) is 22.1. The average Bonchev–Trinajstić information content (AvgIpc) is 3.17. The van der Waals surface area contributed by atoms with E-state index in [0.29, 0.717) is 5.16 Å². The van der Waals surface area contributed by atoms with E-state index in [9.17, 15) is 0 Å². The highest BCUT2D eigenvalue weighted by atomic mass is 31.1. The molecule has 0 N–H and O–H groups in total. The maximum Gasteiger partial charge on any atom is 0.0440 e. The molecule has 2 atom stereocenters. The van der Waals surface area contributed by atoms with Crippen molar-refractivity contribution in [2.75, 3.05) is 0 Å². The predicted molar refractivity (Wildman–Crippen MR) is 80.7 cm³/mol. The van der Waals surface area contributed by atoms with Crippen molar-refractivity contribution >= 4 is 8.58 Å². The Labute approximate surface area is 111 Å². The van der Waals surface area contributed by atoms with E-state index < -0.39 is 0 Å². The van der Waals surface area contributed by atoms with Crippen LogP contribution in [0.1, 0.15) is 30.9 Å². The molecule has 0 aliphatic carbocycles. The van der Waals surface area contributed by atoms with Gasteiger partial charge in [0.2, 0.25) is 0 Å². The van der Waals surface area contributed by atoms with Crippen molar-refractivity contribution in [1.29, 1.82) is 0 Å². The van der Waals surface area contributed by atoms with Crippen molar-refractivity contribution < 1.29 is 0 Å². The summed E-state index contributed by atoms with van der Waals surface area (Å²) in [7, 11) is 1.05. The van der Waals surface area contributed by atoms with Crippen molar-refractivity contribution in [3.8, 4) is 0 Å². The summed E-state index contributed by atoms with van der Waals surface area (Å²) in [6.07, 6.45) is 2.64. The summed E-state index contributed by atoms with van der Waals surface area (Å²) in [5.74, 6) is 0. The highest BCUT2D eigenvalue weighted by Gasteiger charge is 2.55. The van der Waals surface area contributed by atoms with Crippen LogP contribution in [-0.4, -0.2) is 5.66 Å². The Kier molecular flexibility index (Phi) is 3.22. The largest absolute Gasteiger partial charge is 0.101 e. The molecule has 2 aromatic rings. The molecule has 1 aliphatic heterocycles. The Morgan fingerprint density at radius 2 is 1.39 bits per heavy atom. The molecule has 1 heteroatoms. The molecule has 0 radical (unpaired) electrons. The summed E-state index contributed by atoms with van der Waals surface area (Å²) < 4.78 is 0. The fourth-order valence-electron chi connectivity index (χ4n) is 2.95. The van der Waals surface area contributed by atoms with Gasteiger partial charge < -0.3 is 0 Å². The van der Waals surface area contributed by atoms with Crippen molar-refractivity contribution in [3.05, 3.63) is 71.8 Å². The van der Waals surface area contributed by atoms with Crippen LogP contribution >= 0.6 is 8.58 Å². The lowest BCUT2D eigenvalue weighted by molar-refractivity contribution is 0.704. The minimum absolute atomic E-state index is 0.332. The monoisotopic (exact) mass is 254 g/mol. The van der Waals surface area contributed by atoms with Crippen molar-refractivity contribution in [2.24, 2.45) is 0 Å². The van der Waals surface area contributed by atoms with Crippen LogP contribution in [0.15, 0.2) is 60.7 Å². The first-order valence-corrected chi connectivity index (χ1v) is 7.84. The van der Waals surface area contributed by atoms with Crippen LogP contribution in [-0.2, 0) is 5.16 Å². The van der Waals surface area contributed by atoms with Crippen LogP contribution in [0.25, 0.3) is 0 Å². The van der Waals surface area contributed by atoms with E-state index in [-0.39, 0.29) is 0 Å². The average molecular weight is 254 g/mol. The first-order valence-electron chi connectivity index (χ1n) is 6.76. The molecule has 0 amide bonds. The lowest BCUT2D eigenvalue weighted by Gasteiger charge is -2.18. The molecule has 1 fully saturated rings.